The lowest BCUT2D eigenvalue weighted by Gasteiger charge is -2.19. The molecule has 37 heavy (non-hydrogen) atoms. The Morgan fingerprint density at radius 2 is 1.30 bits per heavy atom. The molecule has 1 amide bonds. The Balaban J connectivity index is 0.000000213. The number of nitrogens with zero attached hydrogens (tertiary/aromatic N) is 2. The van der Waals surface area contributed by atoms with E-state index in [1.807, 2.05) is 88.4 Å². The van der Waals surface area contributed by atoms with Crippen LogP contribution in [0.3, 0.4) is 0 Å². The van der Waals surface area contributed by atoms with Gasteiger partial charge in [0.25, 0.3) is 0 Å². The standard InChI is InChI=1S/C16H20N2O3.C12H11NO3/c1-11-13(10-17-15(19)21-16(2,3)4)18-14(20-11)12-8-6-5-7-9-12;1-8-10(7-11(14)15)13-12(16-8)9-5-3-2-4-6-9/h5-9H,10H2,1-4H3,(H,17,19);2-6H,7H2,1H3,(H,14,15). The lowest BCUT2D eigenvalue weighted by atomic mass is 10.2. The van der Waals surface area contributed by atoms with Crippen molar-refractivity contribution in [1.82, 2.24) is 15.3 Å². The molecule has 0 spiro atoms. The fraction of sp³-hybridized carbons (Fsp3) is 0.286. The van der Waals surface area contributed by atoms with E-state index in [0.717, 1.165) is 11.1 Å². The molecular weight excluding hydrogens is 474 g/mol. The highest BCUT2D eigenvalue weighted by Gasteiger charge is 2.17. The number of oxazole rings is 2. The molecule has 0 radical (unpaired) electrons. The molecule has 9 heteroatoms. The molecule has 2 aromatic heterocycles. The minimum absolute atomic E-state index is 0.109. The largest absolute Gasteiger partial charge is 0.481 e. The predicted molar refractivity (Wildman–Crippen MR) is 138 cm³/mol. The first-order valence-corrected chi connectivity index (χ1v) is 11.7. The summed E-state index contributed by atoms with van der Waals surface area (Å²) in [6.07, 6.45) is -0.575. The minimum atomic E-state index is -0.906. The molecule has 4 rings (SSSR count). The van der Waals surface area contributed by atoms with Crippen LogP contribution in [0.2, 0.25) is 0 Å². The third-order valence-electron chi connectivity index (χ3n) is 4.94. The van der Waals surface area contributed by atoms with Crippen molar-refractivity contribution in [1.29, 1.82) is 0 Å². The van der Waals surface area contributed by atoms with Gasteiger partial charge in [0.2, 0.25) is 11.8 Å². The third kappa shape index (κ3) is 8.34. The van der Waals surface area contributed by atoms with Gasteiger partial charge in [0.05, 0.1) is 18.7 Å². The number of rotatable bonds is 6. The maximum Gasteiger partial charge on any atom is 0.407 e. The number of benzene rings is 2. The Hall–Kier alpha value is -4.40. The Labute approximate surface area is 215 Å². The number of amides is 1. The fourth-order valence-corrected chi connectivity index (χ4v) is 3.21. The number of alkyl carbamates (subject to hydrolysis) is 1. The van der Waals surface area contributed by atoms with Crippen LogP contribution in [-0.4, -0.2) is 32.7 Å². The van der Waals surface area contributed by atoms with Crippen molar-refractivity contribution in [3.63, 3.8) is 0 Å². The second-order valence-corrected chi connectivity index (χ2v) is 9.20. The lowest BCUT2D eigenvalue weighted by molar-refractivity contribution is -0.136. The van der Waals surface area contributed by atoms with E-state index in [1.165, 1.54) is 0 Å². The van der Waals surface area contributed by atoms with E-state index in [0.29, 0.717) is 34.7 Å². The predicted octanol–water partition coefficient (Wildman–Crippen LogP) is 5.95. The highest BCUT2D eigenvalue weighted by atomic mass is 16.6. The SMILES string of the molecule is Cc1oc(-c2ccccc2)nc1CC(=O)O.Cc1oc(-c2ccccc2)nc1CNC(=O)OC(C)(C)C. The van der Waals surface area contributed by atoms with E-state index >= 15 is 0 Å². The van der Waals surface area contributed by atoms with Gasteiger partial charge in [-0.2, -0.15) is 0 Å². The number of carboxylic acids is 1. The van der Waals surface area contributed by atoms with Crippen molar-refractivity contribution in [2.24, 2.45) is 0 Å². The zero-order chi connectivity index (χ0) is 27.0. The van der Waals surface area contributed by atoms with Crippen molar-refractivity contribution < 1.29 is 28.3 Å². The maximum atomic E-state index is 11.6. The van der Waals surface area contributed by atoms with Crippen molar-refractivity contribution in [2.75, 3.05) is 0 Å². The van der Waals surface area contributed by atoms with Crippen molar-refractivity contribution in [3.8, 4) is 22.9 Å². The second kappa shape index (κ2) is 12.0. The van der Waals surface area contributed by atoms with Crippen LogP contribution in [0, 0.1) is 13.8 Å². The van der Waals surface area contributed by atoms with E-state index in [2.05, 4.69) is 15.3 Å². The lowest BCUT2D eigenvalue weighted by Crippen LogP contribution is -2.32. The number of ether oxygens (including phenoxy) is 1. The molecule has 0 atom stereocenters. The second-order valence-electron chi connectivity index (χ2n) is 9.20. The number of carboxylic acid groups (broad SMARTS) is 1. The number of carbonyl (C=O) groups excluding carboxylic acids is 1. The van der Waals surface area contributed by atoms with Crippen LogP contribution in [-0.2, 0) is 22.5 Å². The van der Waals surface area contributed by atoms with Crippen LogP contribution in [0.1, 0.15) is 43.7 Å². The summed E-state index contributed by atoms with van der Waals surface area (Å²) in [4.78, 5) is 30.8. The molecule has 0 bridgehead atoms. The van der Waals surface area contributed by atoms with E-state index < -0.39 is 17.7 Å². The fourth-order valence-electron chi connectivity index (χ4n) is 3.21. The summed E-state index contributed by atoms with van der Waals surface area (Å²) in [6.45, 7) is 9.28. The van der Waals surface area contributed by atoms with Crippen LogP contribution >= 0.6 is 0 Å². The first kappa shape index (κ1) is 27.2. The molecular formula is C28H31N3O6. The average Bonchev–Trinajstić information content (AvgIpc) is 3.40. The molecule has 4 aromatic rings. The number of aliphatic carboxylic acids is 1. The summed E-state index contributed by atoms with van der Waals surface area (Å²) < 4.78 is 16.2. The summed E-state index contributed by atoms with van der Waals surface area (Å²) in [7, 11) is 0. The Morgan fingerprint density at radius 3 is 1.76 bits per heavy atom. The number of aromatic nitrogens is 2. The Bertz CT molecular complexity index is 1320. The molecule has 0 saturated heterocycles. The van der Waals surface area contributed by atoms with E-state index in [-0.39, 0.29) is 13.0 Å². The molecule has 2 N–H and O–H groups in total. The summed E-state index contributed by atoms with van der Waals surface area (Å²) in [5.74, 6) is 1.35. The van der Waals surface area contributed by atoms with Crippen molar-refractivity contribution in [3.05, 3.63) is 83.6 Å². The monoisotopic (exact) mass is 505 g/mol. The highest BCUT2D eigenvalue weighted by molar-refractivity contribution is 5.70. The molecule has 0 saturated carbocycles. The van der Waals surface area contributed by atoms with Gasteiger partial charge in [-0.3, -0.25) is 4.79 Å². The van der Waals surface area contributed by atoms with Gasteiger partial charge in [0, 0.05) is 11.1 Å². The first-order chi connectivity index (χ1) is 17.5. The number of aryl methyl sites for hydroxylation is 2. The maximum absolute atomic E-state index is 11.6. The van der Waals surface area contributed by atoms with Crippen LogP contribution in [0.25, 0.3) is 22.9 Å². The van der Waals surface area contributed by atoms with Crippen molar-refractivity contribution >= 4 is 12.1 Å². The highest BCUT2D eigenvalue weighted by Crippen LogP contribution is 2.22. The molecule has 0 fully saturated rings. The smallest absolute Gasteiger partial charge is 0.407 e. The molecule has 0 aliphatic rings. The molecule has 0 unspecified atom stereocenters. The van der Waals surface area contributed by atoms with Crippen LogP contribution in [0.5, 0.6) is 0 Å². The van der Waals surface area contributed by atoms with Gasteiger partial charge in [-0.05, 0) is 58.9 Å². The van der Waals surface area contributed by atoms with Gasteiger partial charge in [0.1, 0.15) is 22.8 Å². The average molecular weight is 506 g/mol. The summed E-state index contributed by atoms with van der Waals surface area (Å²) in [5.41, 5.74) is 2.41. The van der Waals surface area contributed by atoms with Gasteiger partial charge >= 0.3 is 12.1 Å². The normalized spacial score (nSPS) is 10.8. The Morgan fingerprint density at radius 1 is 0.838 bits per heavy atom. The van der Waals surface area contributed by atoms with Crippen LogP contribution < -0.4 is 5.32 Å². The number of nitrogens with one attached hydrogen (secondary N) is 1. The zero-order valence-electron chi connectivity index (χ0n) is 21.6. The molecule has 194 valence electrons. The van der Waals surface area contributed by atoms with Gasteiger partial charge in [-0.25, -0.2) is 14.8 Å². The third-order valence-corrected chi connectivity index (χ3v) is 4.94. The summed E-state index contributed by atoms with van der Waals surface area (Å²) in [5, 5.41) is 11.4. The van der Waals surface area contributed by atoms with Crippen LogP contribution in [0.4, 0.5) is 4.79 Å². The van der Waals surface area contributed by atoms with Gasteiger partial charge < -0.3 is 24.0 Å². The van der Waals surface area contributed by atoms with E-state index in [4.69, 9.17) is 18.7 Å². The Kier molecular flexibility index (Phi) is 8.84. The number of hydrogen-bond acceptors (Lipinski definition) is 7. The summed E-state index contributed by atoms with van der Waals surface area (Å²) in [6, 6.07) is 19.0. The molecule has 2 aromatic carbocycles. The van der Waals surface area contributed by atoms with Gasteiger partial charge in [-0.15, -0.1) is 0 Å². The molecule has 2 heterocycles. The number of hydrogen-bond donors (Lipinski definition) is 2. The first-order valence-electron chi connectivity index (χ1n) is 11.7. The zero-order valence-corrected chi connectivity index (χ0v) is 21.6. The topological polar surface area (TPSA) is 128 Å². The van der Waals surface area contributed by atoms with Crippen molar-refractivity contribution in [2.45, 2.75) is 53.2 Å². The molecule has 0 aliphatic heterocycles. The van der Waals surface area contributed by atoms with E-state index in [9.17, 15) is 9.59 Å². The quantitative estimate of drug-likeness (QED) is 0.329. The minimum Gasteiger partial charge on any atom is -0.481 e. The summed E-state index contributed by atoms with van der Waals surface area (Å²) >= 11 is 0. The number of carbonyl (C=O) groups is 2. The van der Waals surface area contributed by atoms with E-state index in [1.54, 1.807) is 6.92 Å². The van der Waals surface area contributed by atoms with Gasteiger partial charge in [0.15, 0.2) is 0 Å². The molecule has 9 nitrogen and oxygen atoms in total. The molecule has 0 aliphatic carbocycles. The van der Waals surface area contributed by atoms with Gasteiger partial charge in [-0.1, -0.05) is 36.4 Å². The van der Waals surface area contributed by atoms with Crippen LogP contribution in [0.15, 0.2) is 69.5 Å².